The van der Waals surface area contributed by atoms with Gasteiger partial charge in [-0.15, -0.1) is 0 Å². The van der Waals surface area contributed by atoms with Gasteiger partial charge in [0.25, 0.3) is 0 Å². The van der Waals surface area contributed by atoms with E-state index >= 15 is 0 Å². The van der Waals surface area contributed by atoms with Crippen LogP contribution in [0.25, 0.3) is 0 Å². The molecular formula is C66H128O17P2. The van der Waals surface area contributed by atoms with E-state index in [1.807, 2.05) is 0 Å². The fraction of sp³-hybridized carbons (Fsp3) is 0.939. The second-order valence-electron chi connectivity index (χ2n) is 24.8. The maximum absolute atomic E-state index is 13.0. The van der Waals surface area contributed by atoms with Gasteiger partial charge in [-0.1, -0.05) is 279 Å². The van der Waals surface area contributed by atoms with E-state index in [1.54, 1.807) is 0 Å². The number of rotatable bonds is 65. The van der Waals surface area contributed by atoms with E-state index in [-0.39, 0.29) is 25.7 Å². The molecule has 0 bridgehead atoms. The van der Waals surface area contributed by atoms with Crippen molar-refractivity contribution in [3.63, 3.8) is 0 Å². The van der Waals surface area contributed by atoms with Crippen LogP contribution in [0, 0.1) is 11.8 Å². The van der Waals surface area contributed by atoms with Crippen LogP contribution in [-0.2, 0) is 65.4 Å². The maximum atomic E-state index is 13.0. The average molecular weight is 1260 g/mol. The van der Waals surface area contributed by atoms with Crippen LogP contribution in [0.4, 0.5) is 0 Å². The highest BCUT2D eigenvalue weighted by Crippen LogP contribution is 2.45. The van der Waals surface area contributed by atoms with Gasteiger partial charge in [0.2, 0.25) is 0 Å². The lowest BCUT2D eigenvalue weighted by Gasteiger charge is -2.21. The number of unbranched alkanes of at least 4 members (excludes halogenated alkanes) is 35. The highest BCUT2D eigenvalue weighted by molar-refractivity contribution is 7.47. The fourth-order valence-corrected chi connectivity index (χ4v) is 11.5. The lowest BCUT2D eigenvalue weighted by atomic mass is 10.0. The van der Waals surface area contributed by atoms with Crippen molar-refractivity contribution in [2.45, 2.75) is 349 Å². The van der Waals surface area contributed by atoms with Crippen LogP contribution in [0.1, 0.15) is 330 Å². The van der Waals surface area contributed by atoms with E-state index in [0.29, 0.717) is 37.5 Å². The van der Waals surface area contributed by atoms with Crippen molar-refractivity contribution in [1.82, 2.24) is 0 Å². The van der Waals surface area contributed by atoms with Crippen LogP contribution in [0.15, 0.2) is 0 Å². The Morgan fingerprint density at radius 2 is 0.541 bits per heavy atom. The highest BCUT2D eigenvalue weighted by Gasteiger charge is 2.30. The molecule has 0 spiro atoms. The second kappa shape index (κ2) is 58.4. The number of aliphatic hydroxyl groups excluding tert-OH is 1. The Morgan fingerprint density at radius 1 is 0.318 bits per heavy atom. The van der Waals surface area contributed by atoms with E-state index in [4.69, 9.17) is 37.0 Å². The van der Waals surface area contributed by atoms with E-state index in [2.05, 4.69) is 41.5 Å². The molecular weight excluding hydrogens is 1130 g/mol. The summed E-state index contributed by atoms with van der Waals surface area (Å²) < 4.78 is 68.0. The van der Waals surface area contributed by atoms with Crippen LogP contribution < -0.4 is 0 Å². The van der Waals surface area contributed by atoms with Gasteiger partial charge in [0, 0.05) is 25.7 Å². The molecule has 0 aromatic rings. The maximum Gasteiger partial charge on any atom is 0.472 e. The molecule has 0 radical (unpaired) electrons. The monoisotopic (exact) mass is 1250 g/mol. The molecule has 19 heteroatoms. The predicted molar refractivity (Wildman–Crippen MR) is 340 cm³/mol. The van der Waals surface area contributed by atoms with Crippen molar-refractivity contribution in [2.24, 2.45) is 11.8 Å². The number of esters is 4. The molecule has 0 saturated heterocycles. The van der Waals surface area contributed by atoms with Crippen molar-refractivity contribution in [3.8, 4) is 0 Å². The average Bonchev–Trinajstić information content (AvgIpc) is 3.55. The van der Waals surface area contributed by atoms with Gasteiger partial charge in [-0.2, -0.15) is 0 Å². The number of phosphoric ester groups is 2. The standard InChI is InChI=1S/C66H128O17P2/c1-7-9-11-13-15-17-19-20-21-22-23-24-26-30-39-45-51-66(71)82-61(54-76-63(68)48-42-36-31-27-28-34-40-46-58(3)4)56-80-84(72,73)78-52-60(67)53-79-85(74,75)81-57-62(55-77-64(69)49-43-37-33-32-35-41-47-59(5)6)83-65(70)50-44-38-29-25-18-16-14-12-10-8-2/h58-62,67H,7-57H2,1-6H3,(H,72,73)(H,74,75)/t60-,61-,62-/m1/s1. The minimum Gasteiger partial charge on any atom is -0.462 e. The van der Waals surface area contributed by atoms with Crippen LogP contribution in [0.3, 0.4) is 0 Å². The zero-order valence-electron chi connectivity index (χ0n) is 54.9. The van der Waals surface area contributed by atoms with Crippen LogP contribution >= 0.6 is 15.6 Å². The molecule has 17 nitrogen and oxygen atoms in total. The first-order valence-corrected chi connectivity index (χ1v) is 37.5. The smallest absolute Gasteiger partial charge is 0.462 e. The lowest BCUT2D eigenvalue weighted by Crippen LogP contribution is -2.30. The summed E-state index contributed by atoms with van der Waals surface area (Å²) in [7, 11) is -9.89. The van der Waals surface area contributed by atoms with Crippen LogP contribution in [-0.4, -0.2) is 96.7 Å². The molecule has 3 N–H and O–H groups in total. The number of carbonyl (C=O) groups excluding carboxylic acids is 4. The molecule has 0 heterocycles. The Labute approximate surface area is 517 Å². The first-order valence-electron chi connectivity index (χ1n) is 34.5. The molecule has 2 unspecified atom stereocenters. The molecule has 0 aromatic carbocycles. The highest BCUT2D eigenvalue weighted by atomic mass is 31.2. The minimum absolute atomic E-state index is 0.105. The third-order valence-corrected chi connectivity index (χ3v) is 17.1. The third kappa shape index (κ3) is 60.7. The minimum atomic E-state index is -4.95. The number of ether oxygens (including phenoxy) is 4. The van der Waals surface area contributed by atoms with Crippen LogP contribution in [0.2, 0.25) is 0 Å². The van der Waals surface area contributed by atoms with Crippen LogP contribution in [0.5, 0.6) is 0 Å². The first-order chi connectivity index (χ1) is 40.9. The molecule has 504 valence electrons. The molecule has 0 aliphatic heterocycles. The van der Waals surface area contributed by atoms with Crippen molar-refractivity contribution < 1.29 is 80.2 Å². The van der Waals surface area contributed by atoms with E-state index in [9.17, 15) is 43.2 Å². The predicted octanol–water partition coefficient (Wildman–Crippen LogP) is 18.4. The molecule has 0 amide bonds. The Hall–Kier alpha value is -1.94. The summed E-state index contributed by atoms with van der Waals surface area (Å²) in [4.78, 5) is 72.2. The summed E-state index contributed by atoms with van der Waals surface area (Å²) in [5, 5.41) is 10.5. The zero-order chi connectivity index (χ0) is 62.9. The summed E-state index contributed by atoms with van der Waals surface area (Å²) >= 11 is 0. The molecule has 0 aliphatic rings. The molecule has 5 atom stereocenters. The molecule has 0 aliphatic carbocycles. The van der Waals surface area contributed by atoms with Gasteiger partial charge in [-0.25, -0.2) is 9.13 Å². The number of hydrogen-bond donors (Lipinski definition) is 3. The summed E-state index contributed by atoms with van der Waals surface area (Å²) in [6, 6.07) is 0. The van der Waals surface area contributed by atoms with Gasteiger partial charge in [-0.3, -0.25) is 37.3 Å². The van der Waals surface area contributed by atoms with Crippen molar-refractivity contribution in [1.29, 1.82) is 0 Å². The van der Waals surface area contributed by atoms with Crippen molar-refractivity contribution >= 4 is 39.5 Å². The van der Waals surface area contributed by atoms with Crippen molar-refractivity contribution in [2.75, 3.05) is 39.6 Å². The van der Waals surface area contributed by atoms with Gasteiger partial charge in [-0.05, 0) is 37.5 Å². The number of phosphoric acid groups is 2. The Morgan fingerprint density at radius 3 is 0.800 bits per heavy atom. The SMILES string of the molecule is CCCCCCCCCCCCCCCCCCC(=O)O[C@H](COC(=O)CCCCCCCCCC(C)C)COP(=O)(O)OC[C@@H](O)COP(=O)(O)OC[C@@H](COC(=O)CCCCCCCCC(C)C)OC(=O)CCCCCCCCCCCC. The molecule has 0 rings (SSSR count). The van der Waals surface area contributed by atoms with Gasteiger partial charge >= 0.3 is 39.5 Å². The quantitative estimate of drug-likeness (QED) is 0.0222. The second-order valence-corrected chi connectivity index (χ2v) is 27.7. The number of hydrogen-bond acceptors (Lipinski definition) is 15. The Bertz CT molecular complexity index is 1670. The topological polar surface area (TPSA) is 237 Å². The number of carbonyl (C=O) groups is 4. The fourth-order valence-electron chi connectivity index (χ4n) is 9.88. The molecule has 0 aromatic heterocycles. The third-order valence-electron chi connectivity index (χ3n) is 15.2. The first kappa shape index (κ1) is 83.1. The summed E-state index contributed by atoms with van der Waals surface area (Å²) in [6.07, 6.45) is 41.9. The van der Waals surface area contributed by atoms with Gasteiger partial charge in [0.15, 0.2) is 12.2 Å². The summed E-state index contributed by atoms with van der Waals surface area (Å²) in [5.41, 5.74) is 0. The molecule has 0 saturated carbocycles. The lowest BCUT2D eigenvalue weighted by molar-refractivity contribution is -0.161. The van der Waals surface area contributed by atoms with Gasteiger partial charge in [0.1, 0.15) is 19.3 Å². The van der Waals surface area contributed by atoms with E-state index in [1.165, 1.54) is 135 Å². The van der Waals surface area contributed by atoms with Crippen molar-refractivity contribution in [3.05, 3.63) is 0 Å². The Balaban J connectivity index is 5.21. The number of aliphatic hydroxyl groups is 1. The summed E-state index contributed by atoms with van der Waals surface area (Å²) in [5.74, 6) is -0.748. The molecule has 0 fully saturated rings. The van der Waals surface area contributed by atoms with Gasteiger partial charge < -0.3 is 33.8 Å². The summed E-state index contributed by atoms with van der Waals surface area (Å²) in [6.45, 7) is 9.37. The Kier molecular flexibility index (Phi) is 57.1. The van der Waals surface area contributed by atoms with E-state index in [0.717, 1.165) is 103 Å². The largest absolute Gasteiger partial charge is 0.472 e. The van der Waals surface area contributed by atoms with Gasteiger partial charge in [0.05, 0.1) is 26.4 Å². The molecule has 85 heavy (non-hydrogen) atoms. The normalized spacial score (nSPS) is 14.2. The zero-order valence-corrected chi connectivity index (χ0v) is 56.7. The van der Waals surface area contributed by atoms with E-state index < -0.39 is 97.5 Å².